The van der Waals surface area contributed by atoms with Crippen molar-refractivity contribution >= 4 is 17.7 Å². The first-order chi connectivity index (χ1) is 11.8. The lowest BCUT2D eigenvalue weighted by Crippen LogP contribution is -2.49. The van der Waals surface area contributed by atoms with Gasteiger partial charge in [0.1, 0.15) is 6.04 Å². The third-order valence-electron chi connectivity index (χ3n) is 4.28. The van der Waals surface area contributed by atoms with E-state index in [0.29, 0.717) is 31.5 Å². The molecule has 0 fully saturated rings. The zero-order valence-corrected chi connectivity index (χ0v) is 14.8. The van der Waals surface area contributed by atoms with E-state index in [2.05, 4.69) is 5.32 Å². The topological polar surface area (TPSA) is 98.7 Å². The highest BCUT2D eigenvalue weighted by Gasteiger charge is 2.28. The van der Waals surface area contributed by atoms with Gasteiger partial charge in [-0.1, -0.05) is 19.9 Å². The highest BCUT2D eigenvalue weighted by atomic mass is 16.5. The molecule has 0 saturated heterocycles. The molecule has 1 aliphatic rings. The first kappa shape index (κ1) is 18.9. The summed E-state index contributed by atoms with van der Waals surface area (Å²) >= 11 is 0. The molecule has 1 atom stereocenters. The van der Waals surface area contributed by atoms with E-state index in [1.54, 1.807) is 28.6 Å². The van der Waals surface area contributed by atoms with Gasteiger partial charge in [0.25, 0.3) is 5.91 Å². The number of nitrogens with one attached hydrogen (secondary N) is 2. The summed E-state index contributed by atoms with van der Waals surface area (Å²) in [7, 11) is 0. The Kier molecular flexibility index (Phi) is 6.14. The summed E-state index contributed by atoms with van der Waals surface area (Å²) in [5.41, 5.74) is 3.97. The van der Waals surface area contributed by atoms with Gasteiger partial charge in [0.05, 0.1) is 0 Å². The summed E-state index contributed by atoms with van der Waals surface area (Å²) in [6, 6.07) is 4.65. The third-order valence-corrected chi connectivity index (χ3v) is 4.28. The third kappa shape index (κ3) is 4.79. The predicted molar refractivity (Wildman–Crippen MR) is 91.9 cm³/mol. The van der Waals surface area contributed by atoms with Crippen molar-refractivity contribution in [2.75, 3.05) is 6.54 Å². The molecule has 2 rings (SSSR count). The first-order valence-corrected chi connectivity index (χ1v) is 8.44. The molecule has 136 valence electrons. The first-order valence-electron chi connectivity index (χ1n) is 8.44. The van der Waals surface area contributed by atoms with Crippen LogP contribution in [0.15, 0.2) is 18.2 Å². The van der Waals surface area contributed by atoms with Crippen molar-refractivity contribution in [2.45, 2.75) is 46.2 Å². The standard InChI is InChI=1S/C18H25N3O4/c1-11(2)8-16(19-12(3)22)18(24)21-7-6-13-9-14(17(23)20-25)4-5-15(13)10-21/h4-5,9,11,16,25H,6-8,10H2,1-3H3,(H,19,22)(H,20,23)/t16-/m1/s1. The second-order valence-electron chi connectivity index (χ2n) is 6.82. The number of hydrogen-bond acceptors (Lipinski definition) is 4. The van der Waals surface area contributed by atoms with Crippen molar-refractivity contribution in [3.05, 3.63) is 34.9 Å². The number of rotatable bonds is 5. The van der Waals surface area contributed by atoms with Crippen LogP contribution < -0.4 is 10.8 Å². The van der Waals surface area contributed by atoms with Crippen LogP contribution >= 0.6 is 0 Å². The lowest BCUT2D eigenvalue weighted by atomic mass is 9.95. The smallest absolute Gasteiger partial charge is 0.274 e. The molecule has 1 aromatic rings. The lowest BCUT2D eigenvalue weighted by Gasteiger charge is -2.32. The van der Waals surface area contributed by atoms with Crippen molar-refractivity contribution in [1.29, 1.82) is 0 Å². The van der Waals surface area contributed by atoms with E-state index >= 15 is 0 Å². The highest BCUT2D eigenvalue weighted by Crippen LogP contribution is 2.22. The SMILES string of the molecule is CC(=O)N[C@H](CC(C)C)C(=O)N1CCc2cc(C(=O)NO)ccc2C1. The predicted octanol–water partition coefficient (Wildman–Crippen LogP) is 1.24. The van der Waals surface area contributed by atoms with Crippen LogP contribution in [-0.4, -0.2) is 40.4 Å². The van der Waals surface area contributed by atoms with Gasteiger partial charge in [-0.3, -0.25) is 19.6 Å². The van der Waals surface area contributed by atoms with Gasteiger partial charge in [0.2, 0.25) is 11.8 Å². The van der Waals surface area contributed by atoms with Crippen molar-refractivity contribution in [3.63, 3.8) is 0 Å². The maximum absolute atomic E-state index is 12.8. The molecule has 0 radical (unpaired) electrons. The Bertz CT molecular complexity index is 672. The van der Waals surface area contributed by atoms with Crippen LogP contribution in [0.1, 0.15) is 48.7 Å². The molecule has 3 amide bonds. The van der Waals surface area contributed by atoms with Gasteiger partial charge in [-0.25, -0.2) is 5.48 Å². The van der Waals surface area contributed by atoms with E-state index in [1.807, 2.05) is 13.8 Å². The number of benzene rings is 1. The molecule has 1 heterocycles. The zero-order chi connectivity index (χ0) is 18.6. The molecule has 0 spiro atoms. The van der Waals surface area contributed by atoms with Gasteiger partial charge in [-0.05, 0) is 42.0 Å². The summed E-state index contributed by atoms with van der Waals surface area (Å²) in [6.07, 6.45) is 1.22. The Morgan fingerprint density at radius 2 is 1.96 bits per heavy atom. The molecule has 25 heavy (non-hydrogen) atoms. The molecule has 0 unspecified atom stereocenters. The summed E-state index contributed by atoms with van der Waals surface area (Å²) in [5.74, 6) is -0.552. The molecule has 0 saturated carbocycles. The molecule has 1 aliphatic heterocycles. The lowest BCUT2D eigenvalue weighted by molar-refractivity contribution is -0.137. The van der Waals surface area contributed by atoms with Gasteiger partial charge in [0, 0.05) is 25.6 Å². The quantitative estimate of drug-likeness (QED) is 0.551. The molecule has 0 aromatic heterocycles. The minimum Gasteiger partial charge on any atom is -0.345 e. The van der Waals surface area contributed by atoms with E-state index in [0.717, 1.165) is 11.1 Å². The van der Waals surface area contributed by atoms with Gasteiger partial charge in [0.15, 0.2) is 0 Å². The average molecular weight is 347 g/mol. The van der Waals surface area contributed by atoms with E-state index in [9.17, 15) is 14.4 Å². The number of nitrogens with zero attached hydrogens (tertiary/aromatic N) is 1. The van der Waals surface area contributed by atoms with Crippen LogP contribution in [-0.2, 0) is 22.6 Å². The molecule has 1 aromatic carbocycles. The fourth-order valence-corrected chi connectivity index (χ4v) is 3.11. The van der Waals surface area contributed by atoms with Crippen LogP contribution in [0.5, 0.6) is 0 Å². The molecule has 7 nitrogen and oxygen atoms in total. The Morgan fingerprint density at radius 3 is 2.56 bits per heavy atom. The minimum atomic E-state index is -0.552. The van der Waals surface area contributed by atoms with Gasteiger partial charge in [-0.15, -0.1) is 0 Å². The second-order valence-corrected chi connectivity index (χ2v) is 6.82. The monoisotopic (exact) mass is 347 g/mol. The Hall–Kier alpha value is -2.41. The maximum Gasteiger partial charge on any atom is 0.274 e. The number of fused-ring (bicyclic) bond motifs is 1. The maximum atomic E-state index is 12.8. The Labute approximate surface area is 147 Å². The molecular weight excluding hydrogens is 322 g/mol. The average Bonchev–Trinajstić information content (AvgIpc) is 2.58. The second kappa shape index (κ2) is 8.11. The van der Waals surface area contributed by atoms with E-state index in [1.165, 1.54) is 6.92 Å². The van der Waals surface area contributed by atoms with Crippen molar-refractivity contribution in [3.8, 4) is 0 Å². The fourth-order valence-electron chi connectivity index (χ4n) is 3.11. The minimum absolute atomic E-state index is 0.0771. The van der Waals surface area contributed by atoms with Crippen LogP contribution in [0.25, 0.3) is 0 Å². The van der Waals surface area contributed by atoms with E-state index < -0.39 is 11.9 Å². The Balaban J connectivity index is 2.13. The van der Waals surface area contributed by atoms with Crippen LogP contribution in [0.2, 0.25) is 0 Å². The van der Waals surface area contributed by atoms with Gasteiger partial charge in [-0.2, -0.15) is 0 Å². The van der Waals surface area contributed by atoms with Crippen molar-refractivity contribution in [2.24, 2.45) is 5.92 Å². The highest BCUT2D eigenvalue weighted by molar-refractivity contribution is 5.93. The van der Waals surface area contributed by atoms with E-state index in [-0.39, 0.29) is 17.7 Å². The normalized spacial score (nSPS) is 14.7. The van der Waals surface area contributed by atoms with E-state index in [4.69, 9.17) is 5.21 Å². The zero-order valence-electron chi connectivity index (χ0n) is 14.8. The molecule has 0 bridgehead atoms. The van der Waals surface area contributed by atoms with Crippen LogP contribution in [0.4, 0.5) is 0 Å². The summed E-state index contributed by atoms with van der Waals surface area (Å²) in [6.45, 7) is 6.43. The summed E-state index contributed by atoms with van der Waals surface area (Å²) in [4.78, 5) is 37.5. The molecular formula is C18H25N3O4. The fraction of sp³-hybridized carbons (Fsp3) is 0.500. The Morgan fingerprint density at radius 1 is 1.24 bits per heavy atom. The number of carbonyl (C=O) groups excluding carboxylic acids is 3. The van der Waals surface area contributed by atoms with Crippen LogP contribution in [0.3, 0.4) is 0 Å². The molecule has 3 N–H and O–H groups in total. The van der Waals surface area contributed by atoms with Crippen LogP contribution in [0, 0.1) is 5.92 Å². The number of amides is 3. The van der Waals surface area contributed by atoms with Crippen molar-refractivity contribution < 1.29 is 19.6 Å². The number of hydrogen-bond donors (Lipinski definition) is 3. The molecule has 7 heteroatoms. The van der Waals surface area contributed by atoms with Gasteiger partial charge < -0.3 is 10.2 Å². The summed E-state index contributed by atoms with van der Waals surface area (Å²) < 4.78 is 0. The summed E-state index contributed by atoms with van der Waals surface area (Å²) in [5, 5.41) is 11.5. The van der Waals surface area contributed by atoms with Gasteiger partial charge >= 0.3 is 0 Å². The number of hydroxylamine groups is 1. The molecule has 0 aliphatic carbocycles. The number of carbonyl (C=O) groups is 3. The largest absolute Gasteiger partial charge is 0.345 e. The van der Waals surface area contributed by atoms with Crippen molar-refractivity contribution in [1.82, 2.24) is 15.7 Å².